The standard InChI is InChI=1S/C8H7N4O/c1-13-7-4-2-3-6(5-7)8-9-11-12-10-8/h2-5H,1H3. The third-order valence-corrected chi connectivity index (χ3v) is 1.65. The van der Waals surface area contributed by atoms with Crippen molar-refractivity contribution in [2.24, 2.45) is 20.7 Å². The minimum absolute atomic E-state index is 0.513. The van der Waals surface area contributed by atoms with E-state index in [4.69, 9.17) is 4.74 Å². The van der Waals surface area contributed by atoms with Gasteiger partial charge in [0.15, 0.2) is 0 Å². The van der Waals surface area contributed by atoms with Crippen molar-refractivity contribution in [1.29, 1.82) is 0 Å². The van der Waals surface area contributed by atoms with Gasteiger partial charge in [-0.05, 0) is 22.6 Å². The van der Waals surface area contributed by atoms with E-state index in [1.165, 1.54) is 0 Å². The monoisotopic (exact) mass is 175 g/mol. The molecule has 0 bridgehead atoms. The van der Waals surface area contributed by atoms with Crippen LogP contribution in [0.15, 0.2) is 44.9 Å². The first-order valence-corrected chi connectivity index (χ1v) is 3.73. The lowest BCUT2D eigenvalue weighted by Gasteiger charge is -2.02. The van der Waals surface area contributed by atoms with Gasteiger partial charge in [0.05, 0.1) is 7.11 Å². The summed E-state index contributed by atoms with van der Waals surface area (Å²) in [6.45, 7) is 0. The first-order valence-electron chi connectivity index (χ1n) is 3.73. The van der Waals surface area contributed by atoms with Crippen LogP contribution < -0.4 is 4.74 Å². The summed E-state index contributed by atoms with van der Waals surface area (Å²) < 4.78 is 5.06. The molecule has 0 saturated heterocycles. The fourth-order valence-corrected chi connectivity index (χ4v) is 1.02. The number of hydrogen-bond donors (Lipinski definition) is 0. The largest absolute Gasteiger partial charge is 0.497 e. The van der Waals surface area contributed by atoms with Crippen molar-refractivity contribution < 1.29 is 4.74 Å². The van der Waals surface area contributed by atoms with E-state index in [1.54, 1.807) is 7.11 Å². The molecule has 1 heterocycles. The van der Waals surface area contributed by atoms with E-state index >= 15 is 0 Å². The number of nitrogens with zero attached hydrogens (tertiary/aromatic N) is 4. The molecule has 1 radical (unpaired) electrons. The van der Waals surface area contributed by atoms with Crippen LogP contribution >= 0.6 is 0 Å². The summed E-state index contributed by atoms with van der Waals surface area (Å²) >= 11 is 0. The van der Waals surface area contributed by atoms with Crippen LogP contribution in [0.3, 0.4) is 0 Å². The Morgan fingerprint density at radius 2 is 1.92 bits per heavy atom. The summed E-state index contributed by atoms with van der Waals surface area (Å²) in [6.07, 6.45) is 0.513. The predicted molar refractivity (Wildman–Crippen MR) is 45.1 cm³/mol. The molecule has 1 aromatic rings. The highest BCUT2D eigenvalue weighted by molar-refractivity contribution is 5.36. The highest BCUT2D eigenvalue weighted by Crippen LogP contribution is 2.25. The zero-order valence-electron chi connectivity index (χ0n) is 7.01. The molecule has 2 rings (SSSR count). The van der Waals surface area contributed by atoms with Crippen LogP contribution in [0.1, 0.15) is 5.56 Å². The molecule has 1 aromatic carbocycles. The molecule has 0 saturated carbocycles. The lowest BCUT2D eigenvalue weighted by Crippen LogP contribution is -1.90. The van der Waals surface area contributed by atoms with Gasteiger partial charge in [-0.3, -0.25) is 0 Å². The van der Waals surface area contributed by atoms with Crippen LogP contribution in [0.2, 0.25) is 0 Å². The van der Waals surface area contributed by atoms with Gasteiger partial charge >= 0.3 is 0 Å². The Labute approximate surface area is 75.1 Å². The van der Waals surface area contributed by atoms with Crippen molar-refractivity contribution in [2.45, 2.75) is 0 Å². The Morgan fingerprint density at radius 3 is 2.62 bits per heavy atom. The maximum atomic E-state index is 5.06. The number of rotatable bonds is 2. The summed E-state index contributed by atoms with van der Waals surface area (Å²) in [5.74, 6) is 0.766. The molecule has 65 valence electrons. The second-order valence-corrected chi connectivity index (χ2v) is 2.43. The molecule has 0 N–H and O–H groups in total. The number of ether oxygens (including phenoxy) is 1. The summed E-state index contributed by atoms with van der Waals surface area (Å²) in [5, 5.41) is 14.3. The third kappa shape index (κ3) is 1.53. The number of hydrogen-bond acceptors (Lipinski definition) is 5. The lowest BCUT2D eigenvalue weighted by atomic mass is 10.2. The summed E-state index contributed by atoms with van der Waals surface area (Å²) in [4.78, 5) is 0. The van der Waals surface area contributed by atoms with Crippen LogP contribution in [0.4, 0.5) is 0 Å². The van der Waals surface area contributed by atoms with Crippen molar-refractivity contribution in [1.82, 2.24) is 0 Å². The van der Waals surface area contributed by atoms with E-state index in [-0.39, 0.29) is 0 Å². The van der Waals surface area contributed by atoms with Gasteiger partial charge in [-0.1, -0.05) is 12.1 Å². The highest BCUT2D eigenvalue weighted by Gasteiger charge is 2.14. The van der Waals surface area contributed by atoms with Crippen LogP contribution in [-0.4, -0.2) is 7.11 Å². The smallest absolute Gasteiger partial charge is 0.272 e. The second kappa shape index (κ2) is 3.30. The molecule has 0 atom stereocenters. The molecule has 1 aliphatic rings. The second-order valence-electron chi connectivity index (χ2n) is 2.43. The van der Waals surface area contributed by atoms with Crippen LogP contribution in [0.25, 0.3) is 0 Å². The first kappa shape index (κ1) is 7.85. The minimum Gasteiger partial charge on any atom is -0.497 e. The van der Waals surface area contributed by atoms with E-state index in [9.17, 15) is 0 Å². The fraction of sp³-hybridized carbons (Fsp3) is 0.125. The molecule has 0 aromatic heterocycles. The Kier molecular flexibility index (Phi) is 1.99. The summed E-state index contributed by atoms with van der Waals surface area (Å²) in [6, 6.07) is 7.43. The SMILES string of the molecule is COc1cccc([C]2N=NN=N2)c1. The highest BCUT2D eigenvalue weighted by atomic mass is 16.5. The molecule has 0 fully saturated rings. The number of benzene rings is 1. The normalized spacial score (nSPS) is 15.2. The van der Waals surface area contributed by atoms with Gasteiger partial charge in [0, 0.05) is 5.56 Å². The van der Waals surface area contributed by atoms with Crippen LogP contribution in [0.5, 0.6) is 5.75 Å². The molecule has 0 aliphatic carbocycles. The van der Waals surface area contributed by atoms with Crippen molar-refractivity contribution in [2.75, 3.05) is 7.11 Å². The molecular weight excluding hydrogens is 168 g/mol. The van der Waals surface area contributed by atoms with Gasteiger partial charge < -0.3 is 4.74 Å². The maximum absolute atomic E-state index is 5.06. The Balaban J connectivity index is 2.29. The summed E-state index contributed by atoms with van der Waals surface area (Å²) in [7, 11) is 1.61. The van der Waals surface area contributed by atoms with Gasteiger partial charge in [-0.25, -0.2) is 0 Å². The summed E-state index contributed by atoms with van der Waals surface area (Å²) in [5.41, 5.74) is 0.851. The van der Waals surface area contributed by atoms with E-state index in [1.807, 2.05) is 24.3 Å². The van der Waals surface area contributed by atoms with Gasteiger partial charge in [0.2, 0.25) is 0 Å². The van der Waals surface area contributed by atoms with Gasteiger partial charge in [-0.2, -0.15) is 0 Å². The molecule has 0 unspecified atom stereocenters. The van der Waals surface area contributed by atoms with E-state index < -0.39 is 0 Å². The molecule has 1 aliphatic heterocycles. The Hall–Kier alpha value is -1.78. The quantitative estimate of drug-likeness (QED) is 0.680. The lowest BCUT2D eigenvalue weighted by molar-refractivity contribution is 0.414. The molecule has 5 nitrogen and oxygen atoms in total. The van der Waals surface area contributed by atoms with E-state index in [0.717, 1.165) is 11.3 Å². The van der Waals surface area contributed by atoms with Crippen molar-refractivity contribution in [3.63, 3.8) is 0 Å². The molecule has 13 heavy (non-hydrogen) atoms. The fourth-order valence-electron chi connectivity index (χ4n) is 1.02. The van der Waals surface area contributed by atoms with Gasteiger partial charge in [0.1, 0.15) is 5.75 Å². The minimum atomic E-state index is 0.513. The van der Waals surface area contributed by atoms with E-state index in [2.05, 4.69) is 20.7 Å². The third-order valence-electron chi connectivity index (χ3n) is 1.65. The molecular formula is C8H7N4O. The van der Waals surface area contributed by atoms with Gasteiger partial charge in [0.25, 0.3) is 6.17 Å². The average molecular weight is 175 g/mol. The van der Waals surface area contributed by atoms with Crippen molar-refractivity contribution in [3.05, 3.63) is 36.0 Å². The first-order chi connectivity index (χ1) is 6.40. The zero-order valence-corrected chi connectivity index (χ0v) is 7.01. The Morgan fingerprint density at radius 1 is 1.15 bits per heavy atom. The molecule has 5 heteroatoms. The van der Waals surface area contributed by atoms with E-state index in [0.29, 0.717) is 6.17 Å². The molecule has 0 spiro atoms. The van der Waals surface area contributed by atoms with Crippen LogP contribution in [-0.2, 0) is 0 Å². The Bertz CT molecular complexity index is 349. The predicted octanol–water partition coefficient (Wildman–Crippen LogP) is 2.37. The average Bonchev–Trinajstić information content (AvgIpc) is 2.71. The zero-order chi connectivity index (χ0) is 9.10. The van der Waals surface area contributed by atoms with Gasteiger partial charge in [-0.15, -0.1) is 10.2 Å². The van der Waals surface area contributed by atoms with Crippen LogP contribution in [0, 0.1) is 6.17 Å². The number of methoxy groups -OCH3 is 1. The van der Waals surface area contributed by atoms with Crippen molar-refractivity contribution >= 4 is 0 Å². The van der Waals surface area contributed by atoms with Crippen molar-refractivity contribution in [3.8, 4) is 5.75 Å². The topological polar surface area (TPSA) is 58.7 Å². The molecule has 0 amide bonds. The maximum Gasteiger partial charge on any atom is 0.272 e.